The van der Waals surface area contributed by atoms with Gasteiger partial charge in [0, 0.05) is 42.9 Å². The van der Waals surface area contributed by atoms with Crippen LogP contribution in [0.25, 0.3) is 0 Å². The van der Waals surface area contributed by atoms with Crippen molar-refractivity contribution in [2.75, 3.05) is 45.1 Å². The number of benzene rings is 1. The highest BCUT2D eigenvalue weighted by Crippen LogP contribution is 2.22. The third-order valence-electron chi connectivity index (χ3n) is 3.97. The Hall–Kier alpha value is -1.14. The number of carbonyl (C=O) groups is 1. The van der Waals surface area contributed by atoms with E-state index in [1.54, 1.807) is 0 Å². The summed E-state index contributed by atoms with van der Waals surface area (Å²) in [6.07, 6.45) is 0. The Bertz CT molecular complexity index is 508. The van der Waals surface area contributed by atoms with Crippen LogP contribution in [0, 0.1) is 6.92 Å². The minimum atomic E-state index is -0.0247. The van der Waals surface area contributed by atoms with Crippen molar-refractivity contribution in [3.8, 4) is 0 Å². The van der Waals surface area contributed by atoms with E-state index in [1.165, 1.54) is 0 Å². The predicted octanol–water partition coefficient (Wildman–Crippen LogP) is 1.16. The molecule has 5 nitrogen and oxygen atoms in total. The molecular formula is C15H23ClN4O. The van der Waals surface area contributed by atoms with E-state index < -0.39 is 0 Å². The molecule has 1 unspecified atom stereocenters. The highest BCUT2D eigenvalue weighted by atomic mass is 35.5. The number of hydrogen-bond acceptors (Lipinski definition) is 4. The van der Waals surface area contributed by atoms with Crippen LogP contribution in [0.4, 0.5) is 5.69 Å². The lowest BCUT2D eigenvalue weighted by Crippen LogP contribution is -2.56. The zero-order valence-corrected chi connectivity index (χ0v) is 13.4. The number of halogens is 1. The quantitative estimate of drug-likeness (QED) is 0.876. The Morgan fingerprint density at radius 3 is 2.95 bits per heavy atom. The molecule has 1 atom stereocenters. The zero-order chi connectivity index (χ0) is 15.4. The lowest BCUT2D eigenvalue weighted by Gasteiger charge is -2.39. The van der Waals surface area contributed by atoms with Crippen LogP contribution in [0.5, 0.6) is 0 Å². The Morgan fingerprint density at radius 1 is 1.48 bits per heavy atom. The van der Waals surface area contributed by atoms with E-state index in [9.17, 15) is 4.79 Å². The van der Waals surface area contributed by atoms with E-state index in [4.69, 9.17) is 17.3 Å². The highest BCUT2D eigenvalue weighted by molar-refractivity contribution is 6.31. The van der Waals surface area contributed by atoms with E-state index >= 15 is 0 Å². The summed E-state index contributed by atoms with van der Waals surface area (Å²) >= 11 is 6.07. The van der Waals surface area contributed by atoms with Crippen molar-refractivity contribution in [2.45, 2.75) is 13.0 Å². The fourth-order valence-electron chi connectivity index (χ4n) is 2.60. The molecule has 21 heavy (non-hydrogen) atoms. The van der Waals surface area contributed by atoms with Crippen molar-refractivity contribution in [2.24, 2.45) is 5.73 Å². The number of nitrogens with two attached hydrogens (primary N) is 1. The molecule has 3 N–H and O–H groups in total. The minimum Gasteiger partial charge on any atom is -0.329 e. The van der Waals surface area contributed by atoms with Crippen LogP contribution in [-0.2, 0) is 4.79 Å². The number of piperazine rings is 1. The summed E-state index contributed by atoms with van der Waals surface area (Å²) in [4.78, 5) is 16.6. The summed E-state index contributed by atoms with van der Waals surface area (Å²) in [7, 11) is 2.08. The Balaban J connectivity index is 1.96. The van der Waals surface area contributed by atoms with Crippen molar-refractivity contribution >= 4 is 23.2 Å². The second kappa shape index (κ2) is 7.22. The second-order valence-corrected chi connectivity index (χ2v) is 5.99. The first kappa shape index (κ1) is 16.2. The Labute approximate surface area is 131 Å². The maximum absolute atomic E-state index is 12.2. The smallest absolute Gasteiger partial charge is 0.238 e. The molecule has 1 aliphatic rings. The molecule has 2 rings (SSSR count). The van der Waals surface area contributed by atoms with Crippen molar-refractivity contribution in [1.29, 1.82) is 0 Å². The van der Waals surface area contributed by atoms with Crippen molar-refractivity contribution < 1.29 is 4.79 Å². The van der Waals surface area contributed by atoms with Crippen LogP contribution in [-0.4, -0.2) is 61.5 Å². The molecule has 1 aromatic carbocycles. The fourth-order valence-corrected chi connectivity index (χ4v) is 2.77. The molecule has 0 aromatic heterocycles. The molecule has 1 fully saturated rings. The van der Waals surface area contributed by atoms with Gasteiger partial charge in [-0.3, -0.25) is 9.69 Å². The first-order valence-electron chi connectivity index (χ1n) is 7.19. The molecule has 116 valence electrons. The lowest BCUT2D eigenvalue weighted by atomic mass is 10.1. The molecule has 0 aliphatic carbocycles. The van der Waals surface area contributed by atoms with Gasteiger partial charge in [0.2, 0.25) is 5.91 Å². The number of rotatable bonds is 4. The van der Waals surface area contributed by atoms with Gasteiger partial charge >= 0.3 is 0 Å². The number of hydrogen-bond donors (Lipinski definition) is 2. The number of likely N-dealkylation sites (N-methyl/N-ethyl adjacent to an activating group) is 1. The zero-order valence-electron chi connectivity index (χ0n) is 12.6. The summed E-state index contributed by atoms with van der Waals surface area (Å²) in [5.74, 6) is -0.0247. The molecule has 6 heteroatoms. The first-order chi connectivity index (χ1) is 10.0. The van der Waals surface area contributed by atoms with E-state index in [0.717, 1.165) is 30.9 Å². The predicted molar refractivity (Wildman–Crippen MR) is 86.7 cm³/mol. The number of nitrogens with zero attached hydrogens (tertiary/aromatic N) is 2. The Morgan fingerprint density at radius 2 is 2.24 bits per heavy atom. The summed E-state index contributed by atoms with van der Waals surface area (Å²) in [6.45, 7) is 5.55. The number of nitrogens with one attached hydrogen (secondary N) is 1. The third-order valence-corrected chi connectivity index (χ3v) is 4.38. The SMILES string of the molecule is Cc1c(Cl)cccc1NC(=O)CN1CCN(C)CC1CN. The molecule has 0 saturated carbocycles. The average molecular weight is 311 g/mol. The number of anilines is 1. The topological polar surface area (TPSA) is 61.6 Å². The van der Waals surface area contributed by atoms with Crippen LogP contribution in [0.3, 0.4) is 0 Å². The molecule has 1 saturated heterocycles. The van der Waals surface area contributed by atoms with E-state index in [1.807, 2.05) is 25.1 Å². The molecule has 1 aromatic rings. The van der Waals surface area contributed by atoms with Gasteiger partial charge < -0.3 is 16.0 Å². The van der Waals surface area contributed by atoms with E-state index in [0.29, 0.717) is 18.1 Å². The highest BCUT2D eigenvalue weighted by Gasteiger charge is 2.25. The van der Waals surface area contributed by atoms with Gasteiger partial charge in [-0.25, -0.2) is 0 Å². The van der Waals surface area contributed by atoms with Crippen LogP contribution < -0.4 is 11.1 Å². The summed E-state index contributed by atoms with van der Waals surface area (Å²) < 4.78 is 0. The van der Waals surface area contributed by atoms with Gasteiger partial charge in [-0.1, -0.05) is 17.7 Å². The van der Waals surface area contributed by atoms with Crippen molar-refractivity contribution in [3.05, 3.63) is 28.8 Å². The fraction of sp³-hybridized carbons (Fsp3) is 0.533. The maximum Gasteiger partial charge on any atom is 0.238 e. The van der Waals surface area contributed by atoms with E-state index in [-0.39, 0.29) is 11.9 Å². The molecule has 1 aliphatic heterocycles. The molecule has 0 spiro atoms. The summed E-state index contributed by atoms with van der Waals surface area (Å²) in [5, 5.41) is 3.59. The van der Waals surface area contributed by atoms with Gasteiger partial charge in [0.1, 0.15) is 0 Å². The van der Waals surface area contributed by atoms with Gasteiger partial charge in [-0.15, -0.1) is 0 Å². The largest absolute Gasteiger partial charge is 0.329 e. The molecular weight excluding hydrogens is 288 g/mol. The van der Waals surface area contributed by atoms with Crippen LogP contribution in [0.1, 0.15) is 5.56 Å². The number of amides is 1. The number of carbonyl (C=O) groups excluding carboxylic acids is 1. The summed E-state index contributed by atoms with van der Waals surface area (Å²) in [6, 6.07) is 5.75. The molecule has 1 amide bonds. The van der Waals surface area contributed by atoms with Crippen LogP contribution >= 0.6 is 11.6 Å². The van der Waals surface area contributed by atoms with Gasteiger partial charge in [0.25, 0.3) is 0 Å². The van der Waals surface area contributed by atoms with Gasteiger partial charge in [-0.2, -0.15) is 0 Å². The van der Waals surface area contributed by atoms with E-state index in [2.05, 4.69) is 22.2 Å². The van der Waals surface area contributed by atoms with Gasteiger partial charge in [0.15, 0.2) is 0 Å². The first-order valence-corrected chi connectivity index (χ1v) is 7.56. The third kappa shape index (κ3) is 4.17. The lowest BCUT2D eigenvalue weighted by molar-refractivity contribution is -0.118. The molecule has 0 radical (unpaired) electrons. The van der Waals surface area contributed by atoms with Crippen molar-refractivity contribution in [1.82, 2.24) is 9.80 Å². The van der Waals surface area contributed by atoms with Gasteiger partial charge in [0.05, 0.1) is 6.54 Å². The second-order valence-electron chi connectivity index (χ2n) is 5.58. The monoisotopic (exact) mass is 310 g/mol. The molecule has 1 heterocycles. The normalized spacial score (nSPS) is 20.5. The standard InChI is InChI=1S/C15H23ClN4O/c1-11-13(16)4-3-5-14(11)18-15(21)10-20-7-6-19(2)9-12(20)8-17/h3-5,12H,6-10,17H2,1-2H3,(H,18,21). The average Bonchev–Trinajstić information content (AvgIpc) is 2.45. The van der Waals surface area contributed by atoms with Crippen LogP contribution in [0.2, 0.25) is 5.02 Å². The minimum absolute atomic E-state index is 0.0247. The summed E-state index contributed by atoms with van der Waals surface area (Å²) in [5.41, 5.74) is 7.47. The van der Waals surface area contributed by atoms with Crippen molar-refractivity contribution in [3.63, 3.8) is 0 Å². The molecule has 0 bridgehead atoms. The Kier molecular flexibility index (Phi) is 5.58. The van der Waals surface area contributed by atoms with Crippen LogP contribution in [0.15, 0.2) is 18.2 Å². The maximum atomic E-state index is 12.2. The van der Waals surface area contributed by atoms with Gasteiger partial charge in [-0.05, 0) is 31.7 Å².